The van der Waals surface area contributed by atoms with Crippen LogP contribution in [0.3, 0.4) is 0 Å². The number of hydrogen-bond acceptors (Lipinski definition) is 6. The summed E-state index contributed by atoms with van der Waals surface area (Å²) in [5, 5.41) is 11.2. The molecule has 2 heterocycles. The van der Waals surface area contributed by atoms with E-state index < -0.39 is 21.6 Å². The number of rotatable bonds is 10. The van der Waals surface area contributed by atoms with Gasteiger partial charge in [0.05, 0.1) is 22.3 Å². The van der Waals surface area contributed by atoms with E-state index in [9.17, 15) is 18.3 Å². The molecule has 0 amide bonds. The molecule has 1 unspecified atom stereocenters. The molecule has 8 nitrogen and oxygen atoms in total. The lowest BCUT2D eigenvalue weighted by Gasteiger charge is -2.27. The summed E-state index contributed by atoms with van der Waals surface area (Å²) in [7, 11) is -2.47. The van der Waals surface area contributed by atoms with Gasteiger partial charge in [-0.3, -0.25) is 4.31 Å². The molecule has 1 atom stereocenters. The van der Waals surface area contributed by atoms with E-state index in [1.54, 1.807) is 36.4 Å². The normalized spacial score (nSPS) is 18.3. The van der Waals surface area contributed by atoms with Crippen molar-refractivity contribution in [2.45, 2.75) is 69.0 Å². The number of anilines is 1. The van der Waals surface area contributed by atoms with E-state index in [0.717, 1.165) is 31.2 Å². The molecule has 3 aromatic rings. The molecule has 1 aliphatic carbocycles. The van der Waals surface area contributed by atoms with Crippen LogP contribution in [0.2, 0.25) is 0 Å². The van der Waals surface area contributed by atoms with Crippen LogP contribution in [0.4, 0.5) is 5.69 Å². The first-order chi connectivity index (χ1) is 17.7. The molecule has 196 valence electrons. The number of hydrogen-bond donors (Lipinski definition) is 2. The van der Waals surface area contributed by atoms with Gasteiger partial charge in [0, 0.05) is 13.0 Å². The number of fused-ring (bicyclic) bond motifs is 1. The summed E-state index contributed by atoms with van der Waals surface area (Å²) in [6, 6.07) is 14.3. The fourth-order valence-corrected chi connectivity index (χ4v) is 6.61. The number of imidazole rings is 1. The average molecular weight is 524 g/mol. The highest BCUT2D eigenvalue weighted by molar-refractivity contribution is 7.92. The molecular formula is C28H33N3O5S. The van der Waals surface area contributed by atoms with Gasteiger partial charge in [-0.2, -0.15) is 8.42 Å². The standard InChI is InChI=1S/C28H33N3O5S/c1-4-15-28(16-5-2)25(32)24(26(33)36-28)23(18-13-14-18)19-9-8-10-20(17-19)31(3)37(34,35)27-29-21-11-6-7-12-22(21)30-27/h6-12,17-18,23,32H,4-5,13-16H2,1-3H3,(H,29,30). The van der Waals surface area contributed by atoms with Gasteiger partial charge in [0.1, 0.15) is 5.76 Å². The van der Waals surface area contributed by atoms with Crippen LogP contribution in [0.15, 0.2) is 65.0 Å². The van der Waals surface area contributed by atoms with Crippen LogP contribution in [-0.4, -0.2) is 42.1 Å². The maximum Gasteiger partial charge on any atom is 0.339 e. The summed E-state index contributed by atoms with van der Waals surface area (Å²) in [5.74, 6) is -0.585. The van der Waals surface area contributed by atoms with E-state index >= 15 is 0 Å². The second-order valence-corrected chi connectivity index (χ2v) is 12.0. The number of benzene rings is 2. The first kappa shape index (κ1) is 25.3. The summed E-state index contributed by atoms with van der Waals surface area (Å²) >= 11 is 0. The largest absolute Gasteiger partial charge is 0.507 e. The maximum absolute atomic E-state index is 13.4. The maximum atomic E-state index is 13.4. The number of aliphatic hydroxyl groups excluding tert-OH is 1. The van der Waals surface area contributed by atoms with Gasteiger partial charge >= 0.3 is 5.97 Å². The number of para-hydroxylation sites is 2. The third-order valence-electron chi connectivity index (χ3n) is 7.47. The predicted molar refractivity (Wildman–Crippen MR) is 142 cm³/mol. The molecule has 1 saturated carbocycles. The molecule has 1 aliphatic heterocycles. The van der Waals surface area contributed by atoms with Gasteiger partial charge in [-0.15, -0.1) is 0 Å². The third-order valence-corrected chi connectivity index (χ3v) is 9.09. The SMILES string of the molecule is CCCC1(CCC)OC(=O)C(C(c2cccc(N(C)S(=O)(=O)c3nc4ccccc4[nH]3)c2)C2CC2)=C1O. The number of esters is 1. The Balaban J connectivity index is 1.52. The number of carbonyl (C=O) groups is 1. The minimum atomic E-state index is -3.96. The second-order valence-electron chi connectivity index (χ2n) is 10.1. The number of cyclic esters (lactones) is 1. The number of carbonyl (C=O) groups excluding carboxylic acids is 1. The Labute approximate surface area is 217 Å². The summed E-state index contributed by atoms with van der Waals surface area (Å²) in [4.78, 5) is 20.4. The number of nitrogens with one attached hydrogen (secondary N) is 1. The first-order valence-electron chi connectivity index (χ1n) is 12.9. The molecule has 0 saturated heterocycles. The zero-order valence-corrected chi connectivity index (χ0v) is 22.2. The number of aromatic amines is 1. The number of ether oxygens (including phenoxy) is 1. The highest BCUT2D eigenvalue weighted by Gasteiger charge is 2.51. The van der Waals surface area contributed by atoms with Crippen molar-refractivity contribution in [1.82, 2.24) is 9.97 Å². The molecule has 1 fully saturated rings. The van der Waals surface area contributed by atoms with E-state index in [1.807, 2.05) is 26.0 Å². The lowest BCUT2D eigenvalue weighted by atomic mass is 9.82. The van der Waals surface area contributed by atoms with Gasteiger partial charge in [0.2, 0.25) is 5.16 Å². The lowest BCUT2D eigenvalue weighted by Crippen LogP contribution is -2.31. The van der Waals surface area contributed by atoms with Crippen LogP contribution in [-0.2, 0) is 19.6 Å². The fourth-order valence-electron chi connectivity index (χ4n) is 5.51. The van der Waals surface area contributed by atoms with Crippen LogP contribution in [0.25, 0.3) is 11.0 Å². The van der Waals surface area contributed by atoms with E-state index in [1.165, 1.54) is 11.4 Å². The summed E-state index contributed by atoms with van der Waals surface area (Å²) < 4.78 is 33.9. The van der Waals surface area contributed by atoms with Gasteiger partial charge in [-0.05, 0) is 61.4 Å². The summed E-state index contributed by atoms with van der Waals surface area (Å²) in [6.07, 6.45) is 4.55. The molecule has 9 heteroatoms. The molecule has 2 N–H and O–H groups in total. The molecule has 37 heavy (non-hydrogen) atoms. The first-order valence-corrected chi connectivity index (χ1v) is 14.4. The summed E-state index contributed by atoms with van der Waals surface area (Å²) in [6.45, 7) is 4.02. The van der Waals surface area contributed by atoms with Gasteiger partial charge < -0.3 is 14.8 Å². The molecule has 0 bridgehead atoms. The Morgan fingerprint density at radius 3 is 2.49 bits per heavy atom. The highest BCUT2D eigenvalue weighted by atomic mass is 32.2. The number of aliphatic hydroxyl groups is 1. The molecule has 2 aromatic carbocycles. The molecule has 1 aromatic heterocycles. The molecule has 0 radical (unpaired) electrons. The van der Waals surface area contributed by atoms with Crippen LogP contribution in [0.5, 0.6) is 0 Å². The Morgan fingerprint density at radius 1 is 1.14 bits per heavy atom. The minimum absolute atomic E-state index is 0.0479. The van der Waals surface area contributed by atoms with Crippen molar-refractivity contribution >= 4 is 32.7 Å². The Hall–Kier alpha value is -3.33. The monoisotopic (exact) mass is 523 g/mol. The van der Waals surface area contributed by atoms with Crippen molar-refractivity contribution in [3.63, 3.8) is 0 Å². The van der Waals surface area contributed by atoms with Crippen LogP contribution >= 0.6 is 0 Å². The Morgan fingerprint density at radius 2 is 1.84 bits per heavy atom. The van der Waals surface area contributed by atoms with Crippen molar-refractivity contribution in [2.75, 3.05) is 11.4 Å². The molecule has 5 rings (SSSR count). The zero-order valence-electron chi connectivity index (χ0n) is 21.4. The number of aromatic nitrogens is 2. The van der Waals surface area contributed by atoms with Gasteiger partial charge in [-0.1, -0.05) is 51.0 Å². The van der Waals surface area contributed by atoms with E-state index in [2.05, 4.69) is 9.97 Å². The van der Waals surface area contributed by atoms with Crippen molar-refractivity contribution < 1.29 is 23.1 Å². The van der Waals surface area contributed by atoms with Crippen molar-refractivity contribution in [3.8, 4) is 0 Å². The van der Waals surface area contributed by atoms with Gasteiger partial charge in [0.15, 0.2) is 5.60 Å². The topological polar surface area (TPSA) is 113 Å². The Bertz CT molecular complexity index is 1430. The van der Waals surface area contributed by atoms with Gasteiger partial charge in [-0.25, -0.2) is 9.78 Å². The highest BCUT2D eigenvalue weighted by Crippen LogP contribution is 2.52. The van der Waals surface area contributed by atoms with Crippen LogP contribution < -0.4 is 4.31 Å². The molecule has 2 aliphatic rings. The van der Waals surface area contributed by atoms with Gasteiger partial charge in [0.25, 0.3) is 10.0 Å². The predicted octanol–water partition coefficient (Wildman–Crippen LogP) is 5.59. The number of H-pyrrole nitrogens is 1. The van der Waals surface area contributed by atoms with Crippen LogP contribution in [0, 0.1) is 5.92 Å². The van der Waals surface area contributed by atoms with Crippen molar-refractivity contribution in [1.29, 1.82) is 0 Å². The Kier molecular flexibility index (Phi) is 6.52. The third kappa shape index (κ3) is 4.39. The fraction of sp³-hybridized carbons (Fsp3) is 0.429. The number of nitrogens with zero attached hydrogens (tertiary/aromatic N) is 2. The second kappa shape index (κ2) is 9.52. The summed E-state index contributed by atoms with van der Waals surface area (Å²) in [5.41, 5.74) is 1.80. The lowest BCUT2D eigenvalue weighted by molar-refractivity contribution is -0.149. The van der Waals surface area contributed by atoms with Crippen molar-refractivity contribution in [3.05, 3.63) is 65.4 Å². The zero-order chi connectivity index (χ0) is 26.4. The van der Waals surface area contributed by atoms with E-state index in [0.29, 0.717) is 35.1 Å². The molecular weight excluding hydrogens is 490 g/mol. The van der Waals surface area contributed by atoms with E-state index in [-0.39, 0.29) is 22.8 Å². The minimum Gasteiger partial charge on any atom is -0.507 e. The van der Waals surface area contributed by atoms with Crippen molar-refractivity contribution in [2.24, 2.45) is 5.92 Å². The van der Waals surface area contributed by atoms with E-state index in [4.69, 9.17) is 4.74 Å². The number of sulfonamides is 1. The van der Waals surface area contributed by atoms with Crippen LogP contribution in [0.1, 0.15) is 63.9 Å². The average Bonchev–Trinajstić information content (AvgIpc) is 3.57. The molecule has 0 spiro atoms. The smallest absolute Gasteiger partial charge is 0.339 e. The quantitative estimate of drug-likeness (QED) is 0.335.